The topological polar surface area (TPSA) is 112 Å². The Morgan fingerprint density at radius 2 is 1.84 bits per heavy atom. The molecule has 0 aliphatic rings. The molecule has 0 saturated carbocycles. The van der Waals surface area contributed by atoms with E-state index in [1.165, 1.54) is 11.8 Å². The number of hydrogen-bond donors (Lipinski definition) is 1. The molecule has 9 nitrogen and oxygen atoms in total. The Hall–Kier alpha value is -4.01. The number of esters is 1. The third-order valence-corrected chi connectivity index (χ3v) is 5.25. The van der Waals surface area contributed by atoms with Crippen LogP contribution in [0.2, 0.25) is 0 Å². The Morgan fingerprint density at radius 3 is 2.53 bits per heavy atom. The van der Waals surface area contributed by atoms with Crippen LogP contribution in [0.3, 0.4) is 0 Å². The van der Waals surface area contributed by atoms with Gasteiger partial charge in [-0.15, -0.1) is 5.10 Å². The number of para-hydroxylation sites is 1. The van der Waals surface area contributed by atoms with Crippen LogP contribution in [0, 0.1) is 0 Å². The maximum absolute atomic E-state index is 12.3. The molecule has 0 atom stereocenters. The molecule has 0 amide bonds. The van der Waals surface area contributed by atoms with Crippen molar-refractivity contribution in [1.82, 2.24) is 24.5 Å². The Kier molecular flexibility index (Phi) is 5.98. The lowest BCUT2D eigenvalue weighted by molar-refractivity contribution is 0.0599. The SMILES string of the molecule is CCCCc1nc(-n2nnc3ccccc32)c(C(=O)O)n1Cc1ccc(C(=O)OC)cc1. The number of carboxylic acid groups (broad SMARTS) is 1. The van der Waals surface area contributed by atoms with E-state index < -0.39 is 11.9 Å². The average Bonchev–Trinajstić information content (AvgIpc) is 3.39. The molecule has 2 aromatic heterocycles. The molecule has 1 N–H and O–H groups in total. The van der Waals surface area contributed by atoms with Gasteiger partial charge in [0, 0.05) is 13.0 Å². The van der Waals surface area contributed by atoms with Gasteiger partial charge in [0.1, 0.15) is 11.3 Å². The standard InChI is InChI=1S/C23H23N5O4/c1-3-4-9-19-24-21(28-18-8-6-5-7-17(18)25-26-28)20(22(29)30)27(19)14-15-10-12-16(13-11-15)23(31)32-2/h5-8,10-13H,3-4,9,14H2,1-2H3,(H,29,30). The first kappa shape index (κ1) is 21.2. The highest BCUT2D eigenvalue weighted by Gasteiger charge is 2.26. The molecule has 4 rings (SSSR count). The first-order valence-corrected chi connectivity index (χ1v) is 10.3. The lowest BCUT2D eigenvalue weighted by Gasteiger charge is -2.11. The molecule has 0 saturated heterocycles. The van der Waals surface area contributed by atoms with Gasteiger partial charge in [0.2, 0.25) is 0 Å². The van der Waals surface area contributed by atoms with E-state index in [2.05, 4.69) is 22.2 Å². The van der Waals surface area contributed by atoms with Gasteiger partial charge < -0.3 is 14.4 Å². The second-order valence-electron chi connectivity index (χ2n) is 7.37. The Bertz CT molecular complexity index is 1270. The minimum absolute atomic E-state index is 0.0452. The number of hydrogen-bond acceptors (Lipinski definition) is 6. The first-order valence-electron chi connectivity index (χ1n) is 10.3. The number of carboxylic acids is 1. The van der Waals surface area contributed by atoms with E-state index in [0.717, 1.165) is 18.4 Å². The minimum Gasteiger partial charge on any atom is -0.476 e. The van der Waals surface area contributed by atoms with Crippen molar-refractivity contribution in [3.63, 3.8) is 0 Å². The largest absolute Gasteiger partial charge is 0.476 e. The van der Waals surface area contributed by atoms with Crippen molar-refractivity contribution < 1.29 is 19.4 Å². The molecule has 164 valence electrons. The molecule has 4 aromatic rings. The number of aromatic carboxylic acids is 1. The van der Waals surface area contributed by atoms with Crippen molar-refractivity contribution in [2.24, 2.45) is 0 Å². The smallest absolute Gasteiger partial charge is 0.356 e. The molecule has 32 heavy (non-hydrogen) atoms. The van der Waals surface area contributed by atoms with Gasteiger partial charge in [-0.3, -0.25) is 0 Å². The molecule has 0 radical (unpaired) electrons. The van der Waals surface area contributed by atoms with Gasteiger partial charge in [-0.05, 0) is 36.2 Å². The van der Waals surface area contributed by atoms with Crippen LogP contribution in [0.4, 0.5) is 0 Å². The van der Waals surface area contributed by atoms with Crippen LogP contribution in [-0.2, 0) is 17.7 Å². The summed E-state index contributed by atoms with van der Waals surface area (Å²) >= 11 is 0. The van der Waals surface area contributed by atoms with Crippen LogP contribution in [0.5, 0.6) is 0 Å². The first-order chi connectivity index (χ1) is 15.5. The van der Waals surface area contributed by atoms with Crippen molar-refractivity contribution in [1.29, 1.82) is 0 Å². The van der Waals surface area contributed by atoms with Crippen LogP contribution in [0.25, 0.3) is 16.9 Å². The lowest BCUT2D eigenvalue weighted by Crippen LogP contribution is -2.15. The summed E-state index contributed by atoms with van der Waals surface area (Å²) in [6, 6.07) is 14.2. The van der Waals surface area contributed by atoms with Crippen LogP contribution in [-0.4, -0.2) is 48.7 Å². The van der Waals surface area contributed by atoms with Crippen molar-refractivity contribution in [2.75, 3.05) is 7.11 Å². The summed E-state index contributed by atoms with van der Waals surface area (Å²) in [6.45, 7) is 2.37. The number of aromatic nitrogens is 5. The normalized spacial score (nSPS) is 11.1. The summed E-state index contributed by atoms with van der Waals surface area (Å²) in [7, 11) is 1.33. The van der Waals surface area contributed by atoms with E-state index in [4.69, 9.17) is 4.74 Å². The number of nitrogens with zero attached hydrogens (tertiary/aromatic N) is 5. The molecule has 0 aliphatic carbocycles. The molecule has 0 aliphatic heterocycles. The van der Waals surface area contributed by atoms with Crippen molar-refractivity contribution in [3.8, 4) is 5.82 Å². The fourth-order valence-electron chi connectivity index (χ4n) is 3.61. The zero-order valence-electron chi connectivity index (χ0n) is 17.9. The van der Waals surface area contributed by atoms with Gasteiger partial charge in [0.25, 0.3) is 0 Å². The second-order valence-corrected chi connectivity index (χ2v) is 7.37. The molecule has 0 spiro atoms. The van der Waals surface area contributed by atoms with Crippen molar-refractivity contribution >= 4 is 23.0 Å². The highest BCUT2D eigenvalue weighted by atomic mass is 16.5. The van der Waals surface area contributed by atoms with Gasteiger partial charge in [0.05, 0.1) is 18.2 Å². The molecule has 2 aromatic carbocycles. The number of ether oxygens (including phenoxy) is 1. The van der Waals surface area contributed by atoms with E-state index in [9.17, 15) is 14.7 Å². The van der Waals surface area contributed by atoms with E-state index in [0.29, 0.717) is 35.4 Å². The number of aryl methyl sites for hydroxylation is 1. The predicted molar refractivity (Wildman–Crippen MR) is 117 cm³/mol. The second kappa shape index (κ2) is 9.01. The summed E-state index contributed by atoms with van der Waals surface area (Å²) in [5.74, 6) is -0.616. The summed E-state index contributed by atoms with van der Waals surface area (Å²) in [5, 5.41) is 18.4. The lowest BCUT2D eigenvalue weighted by atomic mass is 10.1. The number of rotatable bonds is 8. The number of unbranched alkanes of at least 4 members (excludes halogenated alkanes) is 1. The maximum Gasteiger partial charge on any atom is 0.356 e. The van der Waals surface area contributed by atoms with Crippen molar-refractivity contribution in [2.45, 2.75) is 32.7 Å². The van der Waals surface area contributed by atoms with E-state index >= 15 is 0 Å². The summed E-state index contributed by atoms with van der Waals surface area (Å²) in [6.07, 6.45) is 2.45. The Labute approximate surface area is 184 Å². The molecular formula is C23H23N5O4. The number of fused-ring (bicyclic) bond motifs is 1. The minimum atomic E-state index is -1.10. The quantitative estimate of drug-likeness (QED) is 0.423. The Balaban J connectivity index is 1.81. The van der Waals surface area contributed by atoms with Gasteiger partial charge in [-0.2, -0.15) is 4.68 Å². The van der Waals surface area contributed by atoms with Crippen LogP contribution in [0.1, 0.15) is 52.0 Å². The van der Waals surface area contributed by atoms with E-state index in [1.807, 2.05) is 24.3 Å². The summed E-state index contributed by atoms with van der Waals surface area (Å²) in [5.41, 5.74) is 2.66. The van der Waals surface area contributed by atoms with Crippen LogP contribution < -0.4 is 0 Å². The monoisotopic (exact) mass is 433 g/mol. The number of carbonyl (C=O) groups excluding carboxylic acids is 1. The molecule has 0 bridgehead atoms. The number of imidazole rings is 1. The van der Waals surface area contributed by atoms with E-state index in [-0.39, 0.29) is 11.5 Å². The molecule has 0 unspecified atom stereocenters. The summed E-state index contributed by atoms with van der Waals surface area (Å²) in [4.78, 5) is 28.7. The van der Waals surface area contributed by atoms with Crippen LogP contribution >= 0.6 is 0 Å². The third-order valence-electron chi connectivity index (χ3n) is 5.25. The van der Waals surface area contributed by atoms with Gasteiger partial charge in [-0.25, -0.2) is 14.6 Å². The van der Waals surface area contributed by atoms with Crippen molar-refractivity contribution in [3.05, 3.63) is 71.2 Å². The number of methoxy groups -OCH3 is 1. The maximum atomic E-state index is 12.3. The summed E-state index contributed by atoms with van der Waals surface area (Å²) < 4.78 is 7.92. The number of carbonyl (C=O) groups is 2. The Morgan fingerprint density at radius 1 is 1.09 bits per heavy atom. The number of benzene rings is 2. The zero-order valence-corrected chi connectivity index (χ0v) is 17.9. The third kappa shape index (κ3) is 3.96. The van der Waals surface area contributed by atoms with Crippen LogP contribution in [0.15, 0.2) is 48.5 Å². The molecular weight excluding hydrogens is 410 g/mol. The zero-order chi connectivity index (χ0) is 22.7. The van der Waals surface area contributed by atoms with E-state index in [1.54, 1.807) is 28.8 Å². The van der Waals surface area contributed by atoms with Gasteiger partial charge in [0.15, 0.2) is 11.5 Å². The molecule has 0 fully saturated rings. The van der Waals surface area contributed by atoms with Gasteiger partial charge >= 0.3 is 11.9 Å². The highest BCUT2D eigenvalue weighted by Crippen LogP contribution is 2.23. The molecule has 9 heteroatoms. The fraction of sp³-hybridized carbons (Fsp3) is 0.261. The molecule has 2 heterocycles. The average molecular weight is 433 g/mol. The fourth-order valence-corrected chi connectivity index (χ4v) is 3.61. The highest BCUT2D eigenvalue weighted by molar-refractivity contribution is 5.91. The predicted octanol–water partition coefficient (Wildman–Crippen LogP) is 3.49. The van der Waals surface area contributed by atoms with Gasteiger partial charge in [-0.1, -0.05) is 42.8 Å².